The second-order valence-electron chi connectivity index (χ2n) is 7.39. The number of ether oxygens (including phenoxy) is 1. The van der Waals surface area contributed by atoms with Crippen LogP contribution in [0.15, 0.2) is 34.2 Å². The molecule has 0 bridgehead atoms. The minimum absolute atomic E-state index is 0.0114. The summed E-state index contributed by atoms with van der Waals surface area (Å²) in [5, 5.41) is 4.32. The first kappa shape index (κ1) is 21.1. The van der Waals surface area contributed by atoms with Crippen LogP contribution < -0.4 is 10.9 Å². The summed E-state index contributed by atoms with van der Waals surface area (Å²) >= 11 is 2.94. The van der Waals surface area contributed by atoms with E-state index >= 15 is 0 Å². The summed E-state index contributed by atoms with van der Waals surface area (Å²) in [4.78, 5) is 32.7. The lowest BCUT2D eigenvalue weighted by Gasteiger charge is -2.13. The number of hydrogen-bond donors (Lipinski definition) is 1. The van der Waals surface area contributed by atoms with Gasteiger partial charge in [0.1, 0.15) is 4.83 Å². The summed E-state index contributed by atoms with van der Waals surface area (Å²) < 4.78 is 6.88. The van der Waals surface area contributed by atoms with Crippen molar-refractivity contribution in [2.75, 3.05) is 24.8 Å². The highest BCUT2D eigenvalue weighted by Crippen LogP contribution is 2.35. The maximum Gasteiger partial charge on any atom is 0.263 e. The van der Waals surface area contributed by atoms with Crippen molar-refractivity contribution >= 4 is 44.9 Å². The summed E-state index contributed by atoms with van der Waals surface area (Å²) in [6.07, 6.45) is 3.81. The van der Waals surface area contributed by atoms with Crippen molar-refractivity contribution in [3.8, 4) is 0 Å². The van der Waals surface area contributed by atoms with Gasteiger partial charge in [0, 0.05) is 30.8 Å². The standard InChI is InChI=1S/C22H25N3O3S2/c1-14-7-3-4-9-16(14)23-18(26)13-29-22-24-20-19(15-8-5-10-17(15)30-20)21(27)25(22)11-6-12-28-2/h3-4,7,9H,5-6,8,10-13H2,1-2H3,(H,23,26). The van der Waals surface area contributed by atoms with E-state index in [1.807, 2.05) is 31.2 Å². The average molecular weight is 444 g/mol. The van der Waals surface area contributed by atoms with E-state index in [1.54, 1.807) is 23.0 Å². The van der Waals surface area contributed by atoms with Crippen LogP contribution in [0.1, 0.15) is 28.8 Å². The zero-order valence-corrected chi connectivity index (χ0v) is 18.8. The van der Waals surface area contributed by atoms with E-state index in [1.165, 1.54) is 22.2 Å². The molecule has 1 N–H and O–H groups in total. The SMILES string of the molecule is COCCCn1c(SCC(=O)Nc2ccccc2C)nc2sc3c(c2c1=O)CCC3. The van der Waals surface area contributed by atoms with Gasteiger partial charge in [-0.1, -0.05) is 30.0 Å². The predicted molar refractivity (Wildman–Crippen MR) is 123 cm³/mol. The molecule has 2 heterocycles. The molecular weight excluding hydrogens is 418 g/mol. The number of amides is 1. The van der Waals surface area contributed by atoms with Gasteiger partial charge in [0.25, 0.3) is 5.56 Å². The van der Waals surface area contributed by atoms with Crippen molar-refractivity contribution in [2.24, 2.45) is 0 Å². The maximum atomic E-state index is 13.3. The number of carbonyl (C=O) groups is 1. The molecule has 1 aliphatic carbocycles. The summed E-state index contributed by atoms with van der Waals surface area (Å²) in [5.74, 6) is 0.0857. The van der Waals surface area contributed by atoms with Crippen LogP contribution in [0.2, 0.25) is 0 Å². The number of anilines is 1. The van der Waals surface area contributed by atoms with Crippen LogP contribution in [-0.2, 0) is 28.9 Å². The van der Waals surface area contributed by atoms with Crippen LogP contribution in [0.4, 0.5) is 5.69 Å². The van der Waals surface area contributed by atoms with E-state index in [0.29, 0.717) is 18.3 Å². The molecule has 8 heteroatoms. The molecule has 0 saturated heterocycles. The Morgan fingerprint density at radius 3 is 2.97 bits per heavy atom. The van der Waals surface area contributed by atoms with Gasteiger partial charge < -0.3 is 10.1 Å². The maximum absolute atomic E-state index is 13.3. The lowest BCUT2D eigenvalue weighted by Crippen LogP contribution is -2.25. The first-order valence-electron chi connectivity index (χ1n) is 10.1. The fourth-order valence-electron chi connectivity index (χ4n) is 3.76. The number of fused-ring (bicyclic) bond motifs is 3. The number of carbonyl (C=O) groups excluding carboxylic acids is 1. The Hall–Kier alpha value is -2.16. The van der Waals surface area contributed by atoms with E-state index in [4.69, 9.17) is 9.72 Å². The summed E-state index contributed by atoms with van der Waals surface area (Å²) in [6.45, 7) is 3.06. The van der Waals surface area contributed by atoms with Crippen LogP contribution in [0.3, 0.4) is 0 Å². The van der Waals surface area contributed by atoms with Crippen LogP contribution in [0.25, 0.3) is 10.2 Å². The van der Waals surface area contributed by atoms with Gasteiger partial charge in [0.2, 0.25) is 5.91 Å². The van der Waals surface area contributed by atoms with E-state index in [2.05, 4.69) is 5.32 Å². The van der Waals surface area contributed by atoms with Crippen molar-refractivity contribution in [2.45, 2.75) is 44.3 Å². The van der Waals surface area contributed by atoms with Gasteiger partial charge in [-0.2, -0.15) is 0 Å². The van der Waals surface area contributed by atoms with Gasteiger partial charge in [-0.15, -0.1) is 11.3 Å². The number of methoxy groups -OCH3 is 1. The van der Waals surface area contributed by atoms with Crippen molar-refractivity contribution in [1.29, 1.82) is 0 Å². The first-order chi connectivity index (χ1) is 14.6. The van der Waals surface area contributed by atoms with Gasteiger partial charge in [-0.05, 0) is 49.8 Å². The lowest BCUT2D eigenvalue weighted by atomic mass is 10.2. The highest BCUT2D eigenvalue weighted by atomic mass is 32.2. The Balaban J connectivity index is 1.58. The third-order valence-electron chi connectivity index (χ3n) is 5.27. The number of nitrogens with zero attached hydrogens (tertiary/aromatic N) is 2. The van der Waals surface area contributed by atoms with Crippen molar-refractivity contribution in [3.05, 3.63) is 50.6 Å². The van der Waals surface area contributed by atoms with Crippen LogP contribution in [0, 0.1) is 6.92 Å². The highest BCUT2D eigenvalue weighted by Gasteiger charge is 2.23. The van der Waals surface area contributed by atoms with Crippen LogP contribution in [0.5, 0.6) is 0 Å². The smallest absolute Gasteiger partial charge is 0.263 e. The molecule has 0 radical (unpaired) electrons. The molecule has 0 fully saturated rings. The number of thiophene rings is 1. The van der Waals surface area contributed by atoms with Crippen LogP contribution in [-0.4, -0.2) is 34.9 Å². The Bertz CT molecular complexity index is 1140. The molecule has 2 aromatic heterocycles. The molecule has 0 atom stereocenters. The first-order valence-corrected chi connectivity index (χ1v) is 11.9. The molecule has 4 rings (SSSR count). The molecule has 0 unspecified atom stereocenters. The Labute approximate surface area is 183 Å². The fraction of sp³-hybridized carbons (Fsp3) is 0.409. The number of benzene rings is 1. The van der Waals surface area contributed by atoms with E-state index in [-0.39, 0.29) is 17.2 Å². The van der Waals surface area contributed by atoms with Crippen LogP contribution >= 0.6 is 23.1 Å². The highest BCUT2D eigenvalue weighted by molar-refractivity contribution is 7.99. The molecule has 158 valence electrons. The van der Waals surface area contributed by atoms with Crippen molar-refractivity contribution in [3.63, 3.8) is 0 Å². The Kier molecular flexibility index (Phi) is 6.55. The number of hydrogen-bond acceptors (Lipinski definition) is 6. The van der Waals surface area contributed by atoms with Gasteiger partial charge >= 0.3 is 0 Å². The summed E-state index contributed by atoms with van der Waals surface area (Å²) in [6, 6.07) is 7.68. The quantitative estimate of drug-likeness (QED) is 0.323. The molecule has 1 amide bonds. The van der Waals surface area contributed by atoms with Crippen molar-refractivity contribution < 1.29 is 9.53 Å². The molecular formula is C22H25N3O3S2. The van der Waals surface area contributed by atoms with Gasteiger partial charge in [0.15, 0.2) is 5.16 Å². The van der Waals surface area contributed by atoms with E-state index in [0.717, 1.165) is 47.2 Å². The molecule has 3 aromatic rings. The number of nitrogens with one attached hydrogen (secondary N) is 1. The van der Waals surface area contributed by atoms with E-state index in [9.17, 15) is 9.59 Å². The fourth-order valence-corrected chi connectivity index (χ4v) is 5.89. The molecule has 1 aromatic carbocycles. The zero-order chi connectivity index (χ0) is 21.1. The van der Waals surface area contributed by atoms with Crippen molar-refractivity contribution in [1.82, 2.24) is 9.55 Å². The van der Waals surface area contributed by atoms with Gasteiger partial charge in [-0.3, -0.25) is 14.2 Å². The largest absolute Gasteiger partial charge is 0.385 e. The second kappa shape index (κ2) is 9.32. The number of aryl methyl sites for hydroxylation is 3. The Morgan fingerprint density at radius 2 is 2.17 bits per heavy atom. The number of thioether (sulfide) groups is 1. The molecule has 0 aliphatic heterocycles. The van der Waals surface area contributed by atoms with Gasteiger partial charge in [-0.25, -0.2) is 4.98 Å². The molecule has 6 nitrogen and oxygen atoms in total. The number of aromatic nitrogens is 2. The molecule has 0 saturated carbocycles. The number of para-hydroxylation sites is 1. The normalized spacial score (nSPS) is 13.0. The zero-order valence-electron chi connectivity index (χ0n) is 17.2. The average Bonchev–Trinajstić information content (AvgIpc) is 3.31. The minimum atomic E-state index is -0.110. The second-order valence-corrected chi connectivity index (χ2v) is 9.41. The lowest BCUT2D eigenvalue weighted by molar-refractivity contribution is -0.113. The number of rotatable bonds is 8. The third-order valence-corrected chi connectivity index (χ3v) is 7.43. The predicted octanol–water partition coefficient (Wildman–Crippen LogP) is 4.02. The molecule has 0 spiro atoms. The molecule has 1 aliphatic rings. The summed E-state index contributed by atoms with van der Waals surface area (Å²) in [5.41, 5.74) is 3.01. The molecule has 30 heavy (non-hydrogen) atoms. The topological polar surface area (TPSA) is 73.2 Å². The monoisotopic (exact) mass is 443 g/mol. The van der Waals surface area contributed by atoms with Gasteiger partial charge in [0.05, 0.1) is 11.1 Å². The van der Waals surface area contributed by atoms with E-state index < -0.39 is 0 Å². The Morgan fingerprint density at radius 1 is 1.33 bits per heavy atom. The minimum Gasteiger partial charge on any atom is -0.385 e. The summed E-state index contributed by atoms with van der Waals surface area (Å²) in [7, 11) is 1.65. The third kappa shape index (κ3) is 4.31.